The van der Waals surface area contributed by atoms with Gasteiger partial charge in [-0.15, -0.1) is 0 Å². The van der Waals surface area contributed by atoms with Crippen molar-refractivity contribution < 1.29 is 14.6 Å². The Morgan fingerprint density at radius 1 is 0.872 bits per heavy atom. The highest BCUT2D eigenvalue weighted by Gasteiger charge is 2.67. The Morgan fingerprint density at radius 2 is 1.57 bits per heavy atom. The van der Waals surface area contributed by atoms with Gasteiger partial charge in [-0.1, -0.05) is 73.5 Å². The van der Waals surface area contributed by atoms with Gasteiger partial charge in [0.05, 0.1) is 7.11 Å². The molecule has 250 valence electrons. The maximum Gasteiger partial charge on any atom is 0.166 e. The molecule has 0 aromatic heterocycles. The van der Waals surface area contributed by atoms with Crippen LogP contribution in [0.2, 0.25) is 0 Å². The molecule has 3 aromatic carbocycles. The lowest BCUT2D eigenvalue weighted by Gasteiger charge is -2.60. The van der Waals surface area contributed by atoms with Crippen molar-refractivity contribution in [2.75, 3.05) is 33.3 Å². The topological polar surface area (TPSA) is 45.2 Å². The van der Waals surface area contributed by atoms with Gasteiger partial charge >= 0.3 is 0 Å². The highest BCUT2D eigenvalue weighted by atomic mass is 16.5. The molecule has 5 nitrogen and oxygen atoms in total. The quantitative estimate of drug-likeness (QED) is 0.172. The summed E-state index contributed by atoms with van der Waals surface area (Å²) in [6, 6.07) is 24.7. The number of phenolic OH excluding ortho intramolecular Hbond substituents is 1. The van der Waals surface area contributed by atoms with Crippen LogP contribution in [0.4, 0.5) is 0 Å². The molecule has 5 atom stereocenters. The summed E-state index contributed by atoms with van der Waals surface area (Å²) in [6.07, 6.45) is 15.9. The maximum absolute atomic E-state index is 11.4. The molecule has 0 radical (unpaired) electrons. The Bertz CT molecular complexity index is 1510. The minimum atomic E-state index is -0.0318. The van der Waals surface area contributed by atoms with Crippen molar-refractivity contribution in [1.29, 1.82) is 0 Å². The van der Waals surface area contributed by atoms with Gasteiger partial charge in [-0.25, -0.2) is 0 Å². The number of nitrogens with zero attached hydrogens (tertiary/aromatic N) is 2. The summed E-state index contributed by atoms with van der Waals surface area (Å²) in [5, 5.41) is 11.4. The lowest BCUT2D eigenvalue weighted by Crippen LogP contribution is -2.69. The van der Waals surface area contributed by atoms with Crippen LogP contribution in [0.15, 0.2) is 66.7 Å². The molecule has 1 N–H and O–H groups in total. The number of benzene rings is 3. The average Bonchev–Trinajstić information content (AvgIpc) is 3.86. The number of hydrogen-bond donors (Lipinski definition) is 1. The van der Waals surface area contributed by atoms with Crippen LogP contribution in [0.3, 0.4) is 0 Å². The number of aromatic hydroxyl groups is 1. The number of unbranched alkanes of at least 4 members (excludes halogenated alkanes) is 3. The molecule has 8 rings (SSSR count). The van der Waals surface area contributed by atoms with E-state index in [0.29, 0.717) is 23.8 Å². The first kappa shape index (κ1) is 31.3. The number of rotatable bonds is 15. The van der Waals surface area contributed by atoms with Gasteiger partial charge in [0, 0.05) is 41.2 Å². The van der Waals surface area contributed by atoms with E-state index in [2.05, 4.69) is 70.5 Å². The Labute approximate surface area is 282 Å². The summed E-state index contributed by atoms with van der Waals surface area (Å²) in [5.41, 5.74) is 5.33. The summed E-state index contributed by atoms with van der Waals surface area (Å²) in [7, 11) is 1.73. The van der Waals surface area contributed by atoms with E-state index >= 15 is 0 Å². The zero-order valence-corrected chi connectivity index (χ0v) is 28.4. The second kappa shape index (κ2) is 13.5. The largest absolute Gasteiger partial charge is 0.508 e. The lowest BCUT2D eigenvalue weighted by molar-refractivity contribution is -0.0898. The van der Waals surface area contributed by atoms with Gasteiger partial charge in [0.1, 0.15) is 11.9 Å². The molecule has 2 saturated carbocycles. The van der Waals surface area contributed by atoms with E-state index in [1.54, 1.807) is 7.11 Å². The van der Waals surface area contributed by atoms with Crippen LogP contribution < -0.4 is 9.47 Å². The molecule has 3 aliphatic carbocycles. The predicted octanol–water partition coefficient (Wildman–Crippen LogP) is 7.96. The first-order valence-corrected chi connectivity index (χ1v) is 18.8. The van der Waals surface area contributed by atoms with Crippen molar-refractivity contribution in [2.45, 2.75) is 107 Å². The second-order valence-electron chi connectivity index (χ2n) is 15.3. The third kappa shape index (κ3) is 5.97. The molecule has 3 fully saturated rings. The van der Waals surface area contributed by atoms with Gasteiger partial charge in [-0.2, -0.15) is 0 Å². The summed E-state index contributed by atoms with van der Waals surface area (Å²) >= 11 is 0. The highest BCUT2D eigenvalue weighted by molar-refractivity contribution is 5.65. The van der Waals surface area contributed by atoms with E-state index in [1.807, 2.05) is 6.07 Å². The predicted molar refractivity (Wildman–Crippen MR) is 189 cm³/mol. The first-order valence-electron chi connectivity index (χ1n) is 18.8. The maximum atomic E-state index is 11.4. The van der Waals surface area contributed by atoms with Crippen molar-refractivity contribution in [2.24, 2.45) is 11.8 Å². The van der Waals surface area contributed by atoms with Crippen molar-refractivity contribution in [3.05, 3.63) is 89.0 Å². The summed E-state index contributed by atoms with van der Waals surface area (Å²) in [4.78, 5) is 5.66. The number of piperidine rings is 1. The number of phenols is 1. The summed E-state index contributed by atoms with van der Waals surface area (Å²) < 4.78 is 13.1. The Kier molecular flexibility index (Phi) is 8.96. The van der Waals surface area contributed by atoms with Gasteiger partial charge in [-0.05, 0) is 113 Å². The lowest BCUT2D eigenvalue weighted by atomic mass is 9.50. The number of ether oxygens (including phenoxy) is 2. The Balaban J connectivity index is 1.04. The van der Waals surface area contributed by atoms with E-state index in [0.717, 1.165) is 68.3 Å². The fraction of sp³-hybridized carbons (Fsp3) is 0.571. The fourth-order valence-corrected chi connectivity index (χ4v) is 10.3. The van der Waals surface area contributed by atoms with E-state index in [1.165, 1.54) is 81.0 Å². The molecule has 1 spiro atoms. The fourth-order valence-electron chi connectivity index (χ4n) is 10.3. The molecular formula is C42H54N2O3. The molecule has 1 saturated heterocycles. The average molecular weight is 635 g/mol. The number of likely N-dealkylation sites (tertiary alicyclic amines) is 1. The third-order valence-corrected chi connectivity index (χ3v) is 12.6. The van der Waals surface area contributed by atoms with Crippen LogP contribution in [0.25, 0.3) is 0 Å². The smallest absolute Gasteiger partial charge is 0.166 e. The normalized spacial score (nSPS) is 27.4. The Hall–Kier alpha value is -3.02. The molecule has 2 heterocycles. The van der Waals surface area contributed by atoms with Gasteiger partial charge in [0.2, 0.25) is 0 Å². The molecule has 5 heteroatoms. The monoisotopic (exact) mass is 634 g/mol. The minimum absolute atomic E-state index is 0.0318. The molecule has 2 aliphatic heterocycles. The molecule has 5 aliphatic rings. The van der Waals surface area contributed by atoms with Crippen molar-refractivity contribution in [1.82, 2.24) is 9.80 Å². The Morgan fingerprint density at radius 3 is 2.30 bits per heavy atom. The standard InChI is InChI=1S/C42H54N2O3/c1-46-38-28-37(45)33-27-36-34-21-22-35(41-42(34,39(33)40(38)47-41)23-26-44(36)29-32-19-20-32)43(25-12-18-31-16-9-5-10-17-31)24-11-3-2-6-13-30-14-7-4-8-15-30/h4-5,7-10,14-17,28,32,34-36,41,45H,2-3,6,11-13,18-27,29H2,1H3/t34-,35-,36+,41-,42-/m0/s1. The third-order valence-electron chi connectivity index (χ3n) is 12.6. The van der Waals surface area contributed by atoms with Crippen LogP contribution in [0.1, 0.15) is 86.5 Å². The van der Waals surface area contributed by atoms with Crippen LogP contribution >= 0.6 is 0 Å². The SMILES string of the molecule is COc1cc(O)c2c3c1O[C@H]1[C@@H](N(CCCCCCc4ccccc4)CCCc4ccccc4)CC[C@H]4[C@@H](C2)N(CC2CC2)CC[C@@]341. The van der Waals surface area contributed by atoms with Crippen molar-refractivity contribution in [3.63, 3.8) is 0 Å². The molecule has 0 unspecified atom stereocenters. The van der Waals surface area contributed by atoms with Crippen LogP contribution in [0.5, 0.6) is 17.2 Å². The van der Waals surface area contributed by atoms with Gasteiger partial charge in [0.15, 0.2) is 11.5 Å². The van der Waals surface area contributed by atoms with Crippen LogP contribution in [0, 0.1) is 11.8 Å². The van der Waals surface area contributed by atoms with E-state index in [9.17, 15) is 5.11 Å². The molecule has 2 bridgehead atoms. The van der Waals surface area contributed by atoms with Gasteiger partial charge < -0.3 is 14.6 Å². The van der Waals surface area contributed by atoms with E-state index in [4.69, 9.17) is 9.47 Å². The zero-order chi connectivity index (χ0) is 31.8. The highest BCUT2D eigenvalue weighted by Crippen LogP contribution is 2.65. The molecule has 47 heavy (non-hydrogen) atoms. The van der Waals surface area contributed by atoms with E-state index < -0.39 is 0 Å². The number of aryl methyl sites for hydroxylation is 2. The van der Waals surface area contributed by atoms with Crippen molar-refractivity contribution >= 4 is 0 Å². The van der Waals surface area contributed by atoms with Crippen LogP contribution in [-0.2, 0) is 24.7 Å². The summed E-state index contributed by atoms with van der Waals surface area (Å²) in [5.74, 6) is 3.54. The zero-order valence-electron chi connectivity index (χ0n) is 28.4. The molecule has 3 aromatic rings. The molecular weight excluding hydrogens is 580 g/mol. The van der Waals surface area contributed by atoms with E-state index in [-0.39, 0.29) is 11.5 Å². The summed E-state index contributed by atoms with van der Waals surface area (Å²) in [6.45, 7) is 4.62. The van der Waals surface area contributed by atoms with Gasteiger partial charge in [-0.3, -0.25) is 9.80 Å². The first-order chi connectivity index (χ1) is 23.2. The van der Waals surface area contributed by atoms with Gasteiger partial charge in [0.25, 0.3) is 0 Å². The number of hydrogen-bond acceptors (Lipinski definition) is 5. The van der Waals surface area contributed by atoms with Crippen molar-refractivity contribution in [3.8, 4) is 17.2 Å². The molecule has 0 amide bonds. The second-order valence-corrected chi connectivity index (χ2v) is 15.3. The minimum Gasteiger partial charge on any atom is -0.508 e. The van der Waals surface area contributed by atoms with Crippen LogP contribution in [-0.4, -0.2) is 66.4 Å². The number of methoxy groups -OCH3 is 1.